The Kier molecular flexibility index (Phi) is 5.31. The highest BCUT2D eigenvalue weighted by molar-refractivity contribution is 5.19. The largest absolute Gasteiger partial charge is 0.393 e. The molecule has 0 aromatic carbocycles. The second kappa shape index (κ2) is 7.20. The van der Waals surface area contributed by atoms with E-state index in [1.807, 2.05) is 0 Å². The molecule has 4 saturated carbocycles. The van der Waals surface area contributed by atoms with E-state index in [9.17, 15) is 10.2 Å². The molecule has 10 atom stereocenters. The molecule has 3 nitrogen and oxygen atoms in total. The van der Waals surface area contributed by atoms with Crippen LogP contribution in [0.15, 0.2) is 0 Å². The lowest BCUT2D eigenvalue weighted by Gasteiger charge is -2.70. The van der Waals surface area contributed by atoms with Crippen molar-refractivity contribution in [2.45, 2.75) is 137 Å². The fourth-order valence-electron chi connectivity index (χ4n) is 10.8. The molecule has 1 aliphatic heterocycles. The third kappa shape index (κ3) is 3.02. The van der Waals surface area contributed by atoms with Crippen LogP contribution in [0.4, 0.5) is 0 Å². The van der Waals surface area contributed by atoms with Crippen molar-refractivity contribution >= 4 is 0 Å². The van der Waals surface area contributed by atoms with Gasteiger partial charge in [-0.15, -0.1) is 0 Å². The molecular formula is C29H50O3. The van der Waals surface area contributed by atoms with E-state index >= 15 is 0 Å². The van der Waals surface area contributed by atoms with Gasteiger partial charge in [0.2, 0.25) is 0 Å². The van der Waals surface area contributed by atoms with Gasteiger partial charge in [-0.1, -0.05) is 34.6 Å². The van der Waals surface area contributed by atoms with Crippen molar-refractivity contribution in [3.05, 3.63) is 0 Å². The SMILES string of the molecule is CC1(C)CCCC(C2CCC3(C)C2C(O)CC2C4(C)CCC(O)C(C)(C)C4CCC23C)O1. The Bertz CT molecular complexity index is 745. The number of aliphatic hydroxyl groups is 2. The number of hydrogen-bond donors (Lipinski definition) is 2. The zero-order valence-electron chi connectivity index (χ0n) is 21.9. The highest BCUT2D eigenvalue weighted by Gasteiger charge is 2.70. The second-order valence-electron chi connectivity index (χ2n) is 14.7. The normalized spacial score (nSPS) is 56.7. The van der Waals surface area contributed by atoms with E-state index in [2.05, 4.69) is 48.5 Å². The van der Waals surface area contributed by atoms with Crippen molar-refractivity contribution in [2.24, 2.45) is 45.3 Å². The summed E-state index contributed by atoms with van der Waals surface area (Å²) in [6.07, 6.45) is 11.4. The summed E-state index contributed by atoms with van der Waals surface area (Å²) in [5.41, 5.74) is 0.607. The fourth-order valence-corrected chi connectivity index (χ4v) is 10.8. The van der Waals surface area contributed by atoms with Crippen molar-refractivity contribution in [3.8, 4) is 0 Å². The predicted octanol–water partition coefficient (Wildman–Crippen LogP) is 6.35. The summed E-state index contributed by atoms with van der Waals surface area (Å²) in [6, 6.07) is 0. The van der Waals surface area contributed by atoms with Gasteiger partial charge in [-0.05, 0) is 123 Å². The van der Waals surface area contributed by atoms with Crippen molar-refractivity contribution in [1.82, 2.24) is 0 Å². The van der Waals surface area contributed by atoms with Crippen LogP contribution in [-0.2, 0) is 4.74 Å². The highest BCUT2D eigenvalue weighted by atomic mass is 16.5. The van der Waals surface area contributed by atoms with Crippen LogP contribution in [0.1, 0.15) is 113 Å². The molecule has 4 aliphatic carbocycles. The average molecular weight is 447 g/mol. The van der Waals surface area contributed by atoms with Crippen LogP contribution < -0.4 is 0 Å². The van der Waals surface area contributed by atoms with Crippen LogP contribution in [0.2, 0.25) is 0 Å². The Labute approximate surface area is 197 Å². The first-order valence-electron chi connectivity index (χ1n) is 13.8. The van der Waals surface area contributed by atoms with E-state index in [1.54, 1.807) is 0 Å². The third-order valence-corrected chi connectivity index (χ3v) is 12.6. The molecule has 2 N–H and O–H groups in total. The maximum absolute atomic E-state index is 11.8. The lowest BCUT2D eigenvalue weighted by atomic mass is 9.35. The van der Waals surface area contributed by atoms with E-state index in [4.69, 9.17) is 4.74 Å². The van der Waals surface area contributed by atoms with Gasteiger partial charge in [0.15, 0.2) is 0 Å². The number of rotatable bonds is 1. The standard InChI is InChI=1S/C29H50O3/c1-25(2)13-8-9-20(32-25)18-10-15-29(7)24(18)19(30)17-22-27(5)14-12-23(31)26(3,4)21(27)11-16-28(22,29)6/h18-24,30-31H,8-17H2,1-7H3. The second-order valence-corrected chi connectivity index (χ2v) is 14.7. The zero-order valence-corrected chi connectivity index (χ0v) is 21.9. The van der Waals surface area contributed by atoms with Crippen molar-refractivity contribution in [2.75, 3.05) is 0 Å². The fraction of sp³-hybridized carbons (Fsp3) is 1.00. The van der Waals surface area contributed by atoms with Crippen LogP contribution in [0, 0.1) is 45.3 Å². The summed E-state index contributed by atoms with van der Waals surface area (Å²) in [5.74, 6) is 1.95. The summed E-state index contributed by atoms with van der Waals surface area (Å²) in [4.78, 5) is 0. The Morgan fingerprint density at radius 2 is 1.41 bits per heavy atom. The number of aliphatic hydroxyl groups excluding tert-OH is 2. The molecule has 1 saturated heterocycles. The average Bonchev–Trinajstić information content (AvgIpc) is 3.06. The lowest BCUT2D eigenvalue weighted by molar-refractivity contribution is -0.247. The van der Waals surface area contributed by atoms with Gasteiger partial charge in [-0.3, -0.25) is 0 Å². The predicted molar refractivity (Wildman–Crippen MR) is 129 cm³/mol. The molecule has 1 heterocycles. The quantitative estimate of drug-likeness (QED) is 0.493. The van der Waals surface area contributed by atoms with Gasteiger partial charge in [0.1, 0.15) is 0 Å². The van der Waals surface area contributed by atoms with Gasteiger partial charge in [0, 0.05) is 0 Å². The first-order valence-corrected chi connectivity index (χ1v) is 13.8. The lowest BCUT2D eigenvalue weighted by Crippen LogP contribution is -2.66. The van der Waals surface area contributed by atoms with Crippen LogP contribution in [0.25, 0.3) is 0 Å². The first-order chi connectivity index (χ1) is 14.8. The monoisotopic (exact) mass is 446 g/mol. The van der Waals surface area contributed by atoms with Crippen molar-refractivity contribution < 1.29 is 14.9 Å². The van der Waals surface area contributed by atoms with Crippen LogP contribution >= 0.6 is 0 Å². The van der Waals surface area contributed by atoms with Gasteiger partial charge in [0.05, 0.1) is 23.9 Å². The Morgan fingerprint density at radius 1 is 0.719 bits per heavy atom. The minimum absolute atomic E-state index is 0.0198. The molecule has 0 radical (unpaired) electrons. The van der Waals surface area contributed by atoms with Crippen LogP contribution in [0.5, 0.6) is 0 Å². The maximum Gasteiger partial charge on any atom is 0.0630 e. The molecule has 0 bridgehead atoms. The Morgan fingerprint density at radius 3 is 2.09 bits per heavy atom. The molecule has 3 heteroatoms. The molecular weight excluding hydrogens is 396 g/mol. The van der Waals surface area contributed by atoms with E-state index < -0.39 is 0 Å². The summed E-state index contributed by atoms with van der Waals surface area (Å²) in [5, 5.41) is 22.7. The summed E-state index contributed by atoms with van der Waals surface area (Å²) in [6.45, 7) is 16.8. The van der Waals surface area contributed by atoms with E-state index in [1.165, 1.54) is 38.5 Å². The maximum atomic E-state index is 11.8. The smallest absolute Gasteiger partial charge is 0.0630 e. The number of fused-ring (bicyclic) bond motifs is 5. The van der Waals surface area contributed by atoms with Gasteiger partial charge in [-0.25, -0.2) is 0 Å². The molecule has 5 fully saturated rings. The third-order valence-electron chi connectivity index (χ3n) is 12.6. The topological polar surface area (TPSA) is 49.7 Å². The van der Waals surface area contributed by atoms with Gasteiger partial charge in [0.25, 0.3) is 0 Å². The first kappa shape index (κ1) is 23.6. The van der Waals surface area contributed by atoms with Crippen molar-refractivity contribution in [1.29, 1.82) is 0 Å². The minimum atomic E-state index is -0.218. The minimum Gasteiger partial charge on any atom is -0.393 e. The number of hydrogen-bond acceptors (Lipinski definition) is 3. The highest BCUT2D eigenvalue weighted by Crippen LogP contribution is 2.75. The summed E-state index contributed by atoms with van der Waals surface area (Å²) in [7, 11) is 0. The Hall–Kier alpha value is -0.120. The van der Waals surface area contributed by atoms with Gasteiger partial charge in [-0.2, -0.15) is 0 Å². The molecule has 184 valence electrons. The molecule has 5 rings (SSSR count). The molecule has 10 unspecified atom stereocenters. The molecule has 5 aliphatic rings. The summed E-state index contributed by atoms with van der Waals surface area (Å²) < 4.78 is 6.67. The van der Waals surface area contributed by atoms with E-state index in [0.717, 1.165) is 25.7 Å². The van der Waals surface area contributed by atoms with Gasteiger partial charge < -0.3 is 14.9 Å². The van der Waals surface area contributed by atoms with Crippen LogP contribution in [0.3, 0.4) is 0 Å². The zero-order chi connectivity index (χ0) is 23.3. The van der Waals surface area contributed by atoms with Crippen molar-refractivity contribution in [3.63, 3.8) is 0 Å². The molecule has 0 aromatic heterocycles. The summed E-state index contributed by atoms with van der Waals surface area (Å²) >= 11 is 0. The number of ether oxygens (including phenoxy) is 1. The van der Waals surface area contributed by atoms with Gasteiger partial charge >= 0.3 is 0 Å². The molecule has 0 amide bonds. The molecule has 0 spiro atoms. The molecule has 32 heavy (non-hydrogen) atoms. The van der Waals surface area contributed by atoms with E-state index in [-0.39, 0.29) is 39.5 Å². The van der Waals surface area contributed by atoms with E-state index in [0.29, 0.717) is 29.8 Å². The Balaban J connectivity index is 1.49. The molecule has 0 aromatic rings. The van der Waals surface area contributed by atoms with Crippen LogP contribution in [-0.4, -0.2) is 34.1 Å².